The summed E-state index contributed by atoms with van der Waals surface area (Å²) in [6.07, 6.45) is 2.95. The Morgan fingerprint density at radius 3 is 2.86 bits per heavy atom. The van der Waals surface area contributed by atoms with Crippen molar-refractivity contribution in [2.24, 2.45) is 15.9 Å². The highest BCUT2D eigenvalue weighted by molar-refractivity contribution is 5.96. The predicted molar refractivity (Wildman–Crippen MR) is 82.2 cm³/mol. The lowest BCUT2D eigenvalue weighted by atomic mass is 10.2. The molecule has 1 heterocycles. The van der Waals surface area contributed by atoms with Crippen molar-refractivity contribution in [3.63, 3.8) is 0 Å². The first-order valence-electron chi connectivity index (χ1n) is 6.22. The van der Waals surface area contributed by atoms with Gasteiger partial charge in [0.1, 0.15) is 5.69 Å². The van der Waals surface area contributed by atoms with Crippen LogP contribution in [0, 0.1) is 10.1 Å². The van der Waals surface area contributed by atoms with E-state index in [9.17, 15) is 10.1 Å². The Bertz CT molecular complexity index is 729. The van der Waals surface area contributed by atoms with E-state index < -0.39 is 4.92 Å². The third kappa shape index (κ3) is 3.63. The Morgan fingerprint density at radius 2 is 2.23 bits per heavy atom. The molecule has 2 aromatic rings. The van der Waals surface area contributed by atoms with E-state index in [0.29, 0.717) is 11.3 Å². The summed E-state index contributed by atoms with van der Waals surface area (Å²) in [6.45, 7) is 0. The largest absolute Gasteiger partial charge is 0.490 e. The number of hydrogen-bond acceptors (Lipinski definition) is 6. The topological polar surface area (TPSA) is 116 Å². The zero-order chi connectivity index (χ0) is 15.9. The van der Waals surface area contributed by atoms with E-state index in [1.165, 1.54) is 25.5 Å². The van der Waals surface area contributed by atoms with Gasteiger partial charge < -0.3 is 10.5 Å². The Morgan fingerprint density at radius 1 is 1.41 bits per heavy atom. The minimum atomic E-state index is -0.526. The van der Waals surface area contributed by atoms with Gasteiger partial charge in [0.15, 0.2) is 11.6 Å². The van der Waals surface area contributed by atoms with Gasteiger partial charge in [-0.05, 0) is 24.3 Å². The minimum Gasteiger partial charge on any atom is -0.490 e. The molecule has 0 spiro atoms. The molecule has 1 aromatic carbocycles. The first-order valence-corrected chi connectivity index (χ1v) is 6.22. The lowest BCUT2D eigenvalue weighted by Crippen LogP contribution is -2.14. The number of benzene rings is 1. The number of hydrogen-bond donors (Lipinski definition) is 1. The quantitative estimate of drug-likeness (QED) is 0.390. The molecule has 2 N–H and O–H groups in total. The molecule has 0 aliphatic heterocycles. The summed E-state index contributed by atoms with van der Waals surface area (Å²) in [5, 5.41) is 18.5. The van der Waals surface area contributed by atoms with Gasteiger partial charge in [0.2, 0.25) is 0 Å². The van der Waals surface area contributed by atoms with Crippen molar-refractivity contribution in [2.45, 2.75) is 0 Å². The van der Waals surface area contributed by atoms with Crippen LogP contribution in [0.4, 0.5) is 5.69 Å². The van der Waals surface area contributed by atoms with Crippen molar-refractivity contribution < 1.29 is 9.66 Å². The lowest BCUT2D eigenvalue weighted by Gasteiger charge is -2.01. The maximum atomic E-state index is 10.9. The van der Waals surface area contributed by atoms with Gasteiger partial charge in [0, 0.05) is 17.8 Å². The SMILES string of the molecule is COc1ccc(/C=N\N=C(\N)c2ccccn2)cc1[N+](=O)[O-]. The fourth-order valence-electron chi connectivity index (χ4n) is 1.65. The van der Waals surface area contributed by atoms with Crippen LogP contribution in [-0.4, -0.2) is 29.1 Å². The molecule has 8 nitrogen and oxygen atoms in total. The number of nitrogens with zero attached hydrogens (tertiary/aromatic N) is 4. The smallest absolute Gasteiger partial charge is 0.311 e. The summed E-state index contributed by atoms with van der Waals surface area (Å²) >= 11 is 0. The van der Waals surface area contributed by atoms with Gasteiger partial charge in [-0.15, -0.1) is 5.10 Å². The molecule has 0 amide bonds. The molecule has 0 unspecified atom stereocenters. The second kappa shape index (κ2) is 6.93. The van der Waals surface area contributed by atoms with E-state index in [2.05, 4.69) is 15.2 Å². The molecule has 112 valence electrons. The summed E-state index contributed by atoms with van der Waals surface area (Å²) in [5.74, 6) is 0.332. The number of amidine groups is 1. The average molecular weight is 299 g/mol. The molecular formula is C14H13N5O3. The van der Waals surface area contributed by atoms with E-state index in [0.717, 1.165) is 0 Å². The molecule has 2 rings (SSSR count). The van der Waals surface area contributed by atoms with Gasteiger partial charge in [0.25, 0.3) is 0 Å². The highest BCUT2D eigenvalue weighted by atomic mass is 16.6. The molecule has 8 heteroatoms. The van der Waals surface area contributed by atoms with Crippen molar-refractivity contribution in [2.75, 3.05) is 7.11 Å². The van der Waals surface area contributed by atoms with E-state index in [1.54, 1.807) is 30.5 Å². The summed E-state index contributed by atoms with van der Waals surface area (Å²) in [6, 6.07) is 9.70. The van der Waals surface area contributed by atoms with Gasteiger partial charge in [-0.1, -0.05) is 6.07 Å². The second-order valence-corrected chi connectivity index (χ2v) is 4.13. The van der Waals surface area contributed by atoms with Crippen LogP contribution in [0.25, 0.3) is 0 Å². The van der Waals surface area contributed by atoms with E-state index in [-0.39, 0.29) is 17.3 Å². The van der Waals surface area contributed by atoms with Crippen LogP contribution in [0.2, 0.25) is 0 Å². The van der Waals surface area contributed by atoms with Gasteiger partial charge in [-0.3, -0.25) is 15.1 Å². The Labute approximate surface area is 126 Å². The lowest BCUT2D eigenvalue weighted by molar-refractivity contribution is -0.385. The first kappa shape index (κ1) is 15.1. The molecule has 0 aliphatic carbocycles. The molecule has 22 heavy (non-hydrogen) atoms. The normalized spacial score (nSPS) is 11.6. The van der Waals surface area contributed by atoms with Crippen LogP contribution in [0.5, 0.6) is 5.75 Å². The standard InChI is InChI=1S/C14H13N5O3/c1-22-13-6-5-10(8-12(13)19(20)21)9-17-18-14(15)11-4-2-3-7-16-11/h2-9H,1H3,(H2,15,18)/b17-9-. The van der Waals surface area contributed by atoms with Crippen LogP contribution in [0.3, 0.4) is 0 Å². The number of nitro groups is 1. The van der Waals surface area contributed by atoms with Gasteiger partial charge in [-0.2, -0.15) is 5.10 Å². The maximum Gasteiger partial charge on any atom is 0.311 e. The zero-order valence-electron chi connectivity index (χ0n) is 11.7. The number of nitro benzene ring substituents is 1. The minimum absolute atomic E-state index is 0.145. The van der Waals surface area contributed by atoms with Crippen LogP contribution < -0.4 is 10.5 Å². The molecular weight excluding hydrogens is 286 g/mol. The number of ether oxygens (including phenoxy) is 1. The summed E-state index contributed by atoms with van der Waals surface area (Å²) < 4.78 is 4.92. The second-order valence-electron chi connectivity index (χ2n) is 4.13. The molecule has 0 saturated heterocycles. The monoisotopic (exact) mass is 299 g/mol. The molecule has 0 fully saturated rings. The zero-order valence-corrected chi connectivity index (χ0v) is 11.7. The molecule has 0 atom stereocenters. The number of pyridine rings is 1. The molecule has 0 radical (unpaired) electrons. The van der Waals surface area contributed by atoms with Crippen molar-refractivity contribution in [1.29, 1.82) is 0 Å². The van der Waals surface area contributed by atoms with Gasteiger partial charge >= 0.3 is 5.69 Å². The number of rotatable bonds is 5. The highest BCUT2D eigenvalue weighted by Crippen LogP contribution is 2.26. The fourth-order valence-corrected chi connectivity index (χ4v) is 1.65. The van der Waals surface area contributed by atoms with Crippen LogP contribution in [0.1, 0.15) is 11.3 Å². The van der Waals surface area contributed by atoms with Crippen molar-refractivity contribution in [3.8, 4) is 5.75 Å². The van der Waals surface area contributed by atoms with Crippen molar-refractivity contribution >= 4 is 17.7 Å². The average Bonchev–Trinajstić information content (AvgIpc) is 2.55. The summed E-state index contributed by atoms with van der Waals surface area (Å²) in [4.78, 5) is 14.4. The maximum absolute atomic E-state index is 10.9. The molecule has 0 bridgehead atoms. The van der Waals surface area contributed by atoms with E-state index in [4.69, 9.17) is 10.5 Å². The third-order valence-corrected chi connectivity index (χ3v) is 2.70. The van der Waals surface area contributed by atoms with Crippen molar-refractivity contribution in [3.05, 3.63) is 64.0 Å². The predicted octanol–water partition coefficient (Wildman–Crippen LogP) is 1.74. The van der Waals surface area contributed by atoms with E-state index in [1.807, 2.05) is 0 Å². The van der Waals surface area contributed by atoms with Gasteiger partial charge in [0.05, 0.1) is 18.2 Å². The van der Waals surface area contributed by atoms with Crippen LogP contribution in [-0.2, 0) is 0 Å². The fraction of sp³-hybridized carbons (Fsp3) is 0.0714. The molecule has 0 aliphatic rings. The molecule has 0 saturated carbocycles. The Balaban J connectivity index is 2.20. The summed E-state index contributed by atoms with van der Waals surface area (Å²) in [5.41, 5.74) is 6.59. The number of nitrogens with two attached hydrogens (primary N) is 1. The Kier molecular flexibility index (Phi) is 4.76. The number of aromatic nitrogens is 1. The highest BCUT2D eigenvalue weighted by Gasteiger charge is 2.14. The van der Waals surface area contributed by atoms with Gasteiger partial charge in [-0.25, -0.2) is 0 Å². The van der Waals surface area contributed by atoms with Crippen LogP contribution >= 0.6 is 0 Å². The van der Waals surface area contributed by atoms with E-state index >= 15 is 0 Å². The summed E-state index contributed by atoms with van der Waals surface area (Å²) in [7, 11) is 1.37. The number of methoxy groups -OCH3 is 1. The third-order valence-electron chi connectivity index (χ3n) is 2.70. The van der Waals surface area contributed by atoms with Crippen molar-refractivity contribution in [1.82, 2.24) is 4.98 Å². The molecule has 1 aromatic heterocycles. The Hall–Kier alpha value is -3.29. The first-order chi connectivity index (χ1) is 10.6. The van der Waals surface area contributed by atoms with Crippen LogP contribution in [0.15, 0.2) is 52.8 Å².